The zero-order valence-electron chi connectivity index (χ0n) is 18.2. The van der Waals surface area contributed by atoms with Crippen molar-refractivity contribution < 1.29 is 19.5 Å². The smallest absolute Gasteiger partial charge is 0.245 e. The third kappa shape index (κ3) is 8.40. The summed E-state index contributed by atoms with van der Waals surface area (Å²) in [6, 6.07) is -1.52. The van der Waals surface area contributed by atoms with Crippen LogP contribution in [0.5, 0.6) is 0 Å². The van der Waals surface area contributed by atoms with E-state index in [4.69, 9.17) is 11.5 Å². The molecular weight excluding hydrogens is 372 g/mol. The number of carbonyl (C=O) groups is 3. The summed E-state index contributed by atoms with van der Waals surface area (Å²) < 4.78 is 0. The van der Waals surface area contributed by atoms with Gasteiger partial charge in [-0.1, -0.05) is 33.1 Å². The molecule has 29 heavy (non-hydrogen) atoms. The predicted molar refractivity (Wildman–Crippen MR) is 113 cm³/mol. The first-order valence-electron chi connectivity index (χ1n) is 10.8. The van der Waals surface area contributed by atoms with Gasteiger partial charge >= 0.3 is 0 Å². The molecule has 1 fully saturated rings. The molecule has 0 radical (unpaired) electrons. The molecule has 8 nitrogen and oxygen atoms in total. The summed E-state index contributed by atoms with van der Waals surface area (Å²) >= 11 is 0. The predicted octanol–water partition coefficient (Wildman–Crippen LogP) is 0.456. The third-order valence-electron chi connectivity index (χ3n) is 5.82. The summed E-state index contributed by atoms with van der Waals surface area (Å²) in [6.45, 7) is 5.56. The molecule has 0 saturated heterocycles. The maximum atomic E-state index is 13.0. The van der Waals surface area contributed by atoms with E-state index < -0.39 is 29.5 Å². The number of nitrogens with two attached hydrogens (primary N) is 2. The molecule has 2 amide bonds. The Balaban J connectivity index is 2.82. The highest BCUT2D eigenvalue weighted by Gasteiger charge is 2.34. The Morgan fingerprint density at radius 2 is 1.76 bits per heavy atom. The summed E-state index contributed by atoms with van der Waals surface area (Å²) in [7, 11) is 0. The van der Waals surface area contributed by atoms with Gasteiger partial charge in [0.1, 0.15) is 12.3 Å². The average molecular weight is 413 g/mol. The first-order chi connectivity index (χ1) is 13.6. The largest absolute Gasteiger partial charge is 0.391 e. The molecule has 0 aliphatic heterocycles. The van der Waals surface area contributed by atoms with E-state index in [1.165, 1.54) is 13.3 Å². The Bertz CT molecular complexity index is 533. The Labute approximate surface area is 174 Å². The fourth-order valence-electron chi connectivity index (χ4n) is 4.13. The van der Waals surface area contributed by atoms with Gasteiger partial charge in [-0.2, -0.15) is 0 Å². The number of aldehydes is 1. The highest BCUT2D eigenvalue weighted by Crippen LogP contribution is 2.32. The molecule has 0 aromatic heterocycles. The van der Waals surface area contributed by atoms with Crippen molar-refractivity contribution in [2.75, 3.05) is 13.1 Å². The summed E-state index contributed by atoms with van der Waals surface area (Å²) in [5.41, 5.74) is 10.8. The average Bonchev–Trinajstić information content (AvgIpc) is 2.69. The van der Waals surface area contributed by atoms with Gasteiger partial charge in [0.2, 0.25) is 11.8 Å². The van der Waals surface area contributed by atoms with Gasteiger partial charge in [-0.25, -0.2) is 0 Å². The fourth-order valence-corrected chi connectivity index (χ4v) is 4.13. The van der Waals surface area contributed by atoms with Crippen LogP contribution in [0.1, 0.15) is 65.7 Å². The minimum Gasteiger partial charge on any atom is -0.391 e. The van der Waals surface area contributed by atoms with Crippen molar-refractivity contribution in [2.24, 2.45) is 28.7 Å². The highest BCUT2D eigenvalue weighted by molar-refractivity contribution is 5.89. The van der Waals surface area contributed by atoms with Crippen LogP contribution in [0.25, 0.3) is 0 Å². The topological polar surface area (TPSA) is 148 Å². The second-order valence-electron chi connectivity index (χ2n) is 9.06. The quantitative estimate of drug-likeness (QED) is 0.294. The van der Waals surface area contributed by atoms with Crippen LogP contribution in [0.2, 0.25) is 0 Å². The van der Waals surface area contributed by atoms with Crippen LogP contribution in [0, 0.1) is 17.3 Å². The molecule has 1 rings (SSSR count). The third-order valence-corrected chi connectivity index (χ3v) is 5.82. The lowest BCUT2D eigenvalue weighted by atomic mass is 9.78. The zero-order valence-corrected chi connectivity index (χ0v) is 18.2. The van der Waals surface area contributed by atoms with Gasteiger partial charge in [0.25, 0.3) is 0 Å². The number of amides is 2. The summed E-state index contributed by atoms with van der Waals surface area (Å²) in [4.78, 5) is 36.9. The van der Waals surface area contributed by atoms with E-state index in [0.29, 0.717) is 19.4 Å². The molecule has 1 unspecified atom stereocenters. The number of hydrogen-bond donors (Lipinski definition) is 5. The van der Waals surface area contributed by atoms with Crippen LogP contribution in [-0.4, -0.2) is 54.5 Å². The van der Waals surface area contributed by atoms with Gasteiger partial charge in [-0.15, -0.1) is 0 Å². The molecule has 0 aromatic carbocycles. The van der Waals surface area contributed by atoms with Gasteiger partial charge in [-0.3, -0.25) is 9.59 Å². The molecule has 1 aliphatic carbocycles. The SMILES string of the molecule is C[C@H](O)[C@H](NC(=O)C(CCN)C1CCCCC1)C(=O)N[C@@H](CN)CC(C)(C)C=O. The van der Waals surface area contributed by atoms with Crippen molar-refractivity contribution in [1.29, 1.82) is 0 Å². The van der Waals surface area contributed by atoms with E-state index in [0.717, 1.165) is 32.0 Å². The molecule has 4 atom stereocenters. The Hall–Kier alpha value is -1.51. The molecular formula is C21H40N4O4. The number of aliphatic hydroxyl groups excluding tert-OH is 1. The van der Waals surface area contributed by atoms with Crippen molar-refractivity contribution >= 4 is 18.1 Å². The Kier molecular flexibility index (Phi) is 10.8. The standard InChI is InChI=1S/C21H40N4O4/c1-14(27)18(20(29)24-16(12-23)11-21(2,3)13-26)25-19(28)17(9-10-22)15-7-5-4-6-8-15/h13-18,27H,4-12,22-23H2,1-3H3,(H,24,29)(H,25,28)/t14-,16+,17?,18-/m0/s1. The Morgan fingerprint density at radius 3 is 2.24 bits per heavy atom. The second kappa shape index (κ2) is 12.2. The first-order valence-corrected chi connectivity index (χ1v) is 10.8. The summed E-state index contributed by atoms with van der Waals surface area (Å²) in [6.07, 6.45) is 6.05. The van der Waals surface area contributed by atoms with Crippen LogP contribution in [-0.2, 0) is 14.4 Å². The highest BCUT2D eigenvalue weighted by atomic mass is 16.3. The number of rotatable bonds is 12. The van der Waals surface area contributed by atoms with Crippen molar-refractivity contribution in [2.45, 2.75) is 83.9 Å². The van der Waals surface area contributed by atoms with E-state index in [2.05, 4.69) is 10.6 Å². The van der Waals surface area contributed by atoms with Crippen molar-refractivity contribution in [3.05, 3.63) is 0 Å². The van der Waals surface area contributed by atoms with E-state index in [-0.39, 0.29) is 24.3 Å². The molecule has 1 saturated carbocycles. The van der Waals surface area contributed by atoms with Crippen LogP contribution in [0.4, 0.5) is 0 Å². The summed E-state index contributed by atoms with van der Waals surface area (Å²) in [5.74, 6) is -0.731. The minimum absolute atomic E-state index is 0.154. The molecule has 0 heterocycles. The van der Waals surface area contributed by atoms with Crippen LogP contribution < -0.4 is 22.1 Å². The molecule has 1 aliphatic rings. The van der Waals surface area contributed by atoms with E-state index in [9.17, 15) is 19.5 Å². The molecule has 168 valence electrons. The summed E-state index contributed by atoms with van der Waals surface area (Å²) in [5, 5.41) is 15.6. The molecule has 0 spiro atoms. The first kappa shape index (κ1) is 25.5. The molecule has 8 heteroatoms. The van der Waals surface area contributed by atoms with E-state index in [1.807, 2.05) is 0 Å². The zero-order chi connectivity index (χ0) is 22.0. The lowest BCUT2D eigenvalue weighted by Gasteiger charge is -2.32. The Morgan fingerprint density at radius 1 is 1.14 bits per heavy atom. The van der Waals surface area contributed by atoms with Gasteiger partial charge in [-0.05, 0) is 45.1 Å². The second-order valence-corrected chi connectivity index (χ2v) is 9.06. The monoisotopic (exact) mass is 412 g/mol. The van der Waals surface area contributed by atoms with Crippen LogP contribution >= 0.6 is 0 Å². The lowest BCUT2D eigenvalue weighted by molar-refractivity contribution is -0.135. The fraction of sp³-hybridized carbons (Fsp3) is 0.857. The van der Waals surface area contributed by atoms with Gasteiger partial charge in [0.15, 0.2) is 0 Å². The van der Waals surface area contributed by atoms with Crippen LogP contribution in [0.3, 0.4) is 0 Å². The number of nitrogens with one attached hydrogen (secondary N) is 2. The number of carbonyl (C=O) groups excluding carboxylic acids is 3. The molecule has 0 bridgehead atoms. The normalized spacial score (nSPS) is 19.7. The number of aliphatic hydroxyl groups is 1. The maximum Gasteiger partial charge on any atom is 0.245 e. The van der Waals surface area contributed by atoms with Crippen molar-refractivity contribution in [3.8, 4) is 0 Å². The van der Waals surface area contributed by atoms with Crippen molar-refractivity contribution in [1.82, 2.24) is 10.6 Å². The number of hydrogen-bond acceptors (Lipinski definition) is 6. The van der Waals surface area contributed by atoms with Crippen molar-refractivity contribution in [3.63, 3.8) is 0 Å². The van der Waals surface area contributed by atoms with E-state index in [1.54, 1.807) is 13.8 Å². The molecule has 7 N–H and O–H groups in total. The van der Waals surface area contributed by atoms with Gasteiger partial charge in [0.05, 0.1) is 6.10 Å². The van der Waals surface area contributed by atoms with Gasteiger partial charge < -0.3 is 32.0 Å². The van der Waals surface area contributed by atoms with E-state index >= 15 is 0 Å². The lowest BCUT2D eigenvalue weighted by Crippen LogP contribution is -2.57. The van der Waals surface area contributed by atoms with Crippen LogP contribution in [0.15, 0.2) is 0 Å². The maximum absolute atomic E-state index is 13.0. The molecule has 0 aromatic rings. The van der Waals surface area contributed by atoms with Gasteiger partial charge in [0, 0.05) is 23.9 Å². The minimum atomic E-state index is -1.08.